The summed E-state index contributed by atoms with van der Waals surface area (Å²) >= 11 is 6.21. The lowest BCUT2D eigenvalue weighted by atomic mass is 9.99. The predicted octanol–water partition coefficient (Wildman–Crippen LogP) is 3.61. The predicted molar refractivity (Wildman–Crippen MR) is 82.2 cm³/mol. The minimum absolute atomic E-state index is 0.0846. The van der Waals surface area contributed by atoms with E-state index in [9.17, 15) is 0 Å². The summed E-state index contributed by atoms with van der Waals surface area (Å²) in [4.78, 5) is 0. The molecule has 106 valence electrons. The molecule has 0 amide bonds. The van der Waals surface area contributed by atoms with Crippen molar-refractivity contribution >= 4 is 11.6 Å². The van der Waals surface area contributed by atoms with E-state index in [-0.39, 0.29) is 11.4 Å². The minimum Gasteiger partial charge on any atom is -0.216 e. The van der Waals surface area contributed by atoms with E-state index >= 15 is 0 Å². The number of nitrogens with zero attached hydrogens (tertiary/aromatic N) is 4. The summed E-state index contributed by atoms with van der Waals surface area (Å²) in [7, 11) is 0. The Hall–Kier alpha value is -2.20. The SMILES string of the molecule is CC(Cl)c1nnnn1C(c1ccccc1)c1ccccc1. The number of hydrogen-bond donors (Lipinski definition) is 0. The highest BCUT2D eigenvalue weighted by molar-refractivity contribution is 6.20. The van der Waals surface area contributed by atoms with Gasteiger partial charge in [0.1, 0.15) is 6.04 Å². The Balaban J connectivity index is 2.15. The molecule has 0 saturated heterocycles. The van der Waals surface area contributed by atoms with Gasteiger partial charge in [0, 0.05) is 0 Å². The number of rotatable bonds is 4. The maximum Gasteiger partial charge on any atom is 0.169 e. The van der Waals surface area contributed by atoms with Gasteiger partial charge in [0.2, 0.25) is 0 Å². The van der Waals surface area contributed by atoms with Crippen LogP contribution in [-0.2, 0) is 0 Å². The molecule has 0 bridgehead atoms. The monoisotopic (exact) mass is 298 g/mol. The van der Waals surface area contributed by atoms with Gasteiger partial charge in [-0.15, -0.1) is 16.7 Å². The second-order valence-electron chi connectivity index (χ2n) is 4.82. The molecule has 4 nitrogen and oxygen atoms in total. The van der Waals surface area contributed by atoms with Crippen molar-refractivity contribution in [1.82, 2.24) is 20.2 Å². The first-order valence-corrected chi connectivity index (χ1v) is 7.22. The maximum atomic E-state index is 6.21. The Morgan fingerprint density at radius 1 is 0.905 bits per heavy atom. The summed E-state index contributed by atoms with van der Waals surface area (Å²) in [6.07, 6.45) is 0. The van der Waals surface area contributed by atoms with Crippen molar-refractivity contribution in [1.29, 1.82) is 0 Å². The van der Waals surface area contributed by atoms with Crippen molar-refractivity contribution in [3.63, 3.8) is 0 Å². The summed E-state index contributed by atoms with van der Waals surface area (Å²) < 4.78 is 1.79. The molecule has 1 heterocycles. The van der Waals surface area contributed by atoms with Crippen LogP contribution in [0, 0.1) is 0 Å². The average molecular weight is 299 g/mol. The van der Waals surface area contributed by atoms with E-state index in [4.69, 9.17) is 11.6 Å². The van der Waals surface area contributed by atoms with E-state index in [0.717, 1.165) is 11.1 Å². The number of benzene rings is 2. The van der Waals surface area contributed by atoms with Gasteiger partial charge in [-0.1, -0.05) is 60.7 Å². The Labute approximate surface area is 128 Å². The van der Waals surface area contributed by atoms with Crippen molar-refractivity contribution in [2.75, 3.05) is 0 Å². The molecule has 0 saturated carbocycles. The summed E-state index contributed by atoms with van der Waals surface area (Å²) in [6.45, 7) is 1.87. The molecule has 0 N–H and O–H groups in total. The molecule has 0 radical (unpaired) electrons. The first-order chi connectivity index (χ1) is 10.3. The van der Waals surface area contributed by atoms with Gasteiger partial charge < -0.3 is 0 Å². The third-order valence-electron chi connectivity index (χ3n) is 3.35. The average Bonchev–Trinajstić information content (AvgIpc) is 2.99. The zero-order valence-corrected chi connectivity index (χ0v) is 12.4. The highest BCUT2D eigenvalue weighted by atomic mass is 35.5. The third-order valence-corrected chi connectivity index (χ3v) is 3.54. The van der Waals surface area contributed by atoms with E-state index in [0.29, 0.717) is 5.82 Å². The van der Waals surface area contributed by atoms with Gasteiger partial charge in [0.15, 0.2) is 5.82 Å². The minimum atomic E-state index is -0.255. The Kier molecular flexibility index (Phi) is 3.97. The van der Waals surface area contributed by atoms with E-state index in [1.165, 1.54) is 0 Å². The fourth-order valence-corrected chi connectivity index (χ4v) is 2.54. The van der Waals surface area contributed by atoms with Crippen molar-refractivity contribution in [2.45, 2.75) is 18.3 Å². The van der Waals surface area contributed by atoms with Crippen LogP contribution in [0.15, 0.2) is 60.7 Å². The van der Waals surface area contributed by atoms with Crippen LogP contribution in [-0.4, -0.2) is 20.2 Å². The highest BCUT2D eigenvalue weighted by Gasteiger charge is 2.23. The van der Waals surface area contributed by atoms with Gasteiger partial charge in [-0.25, -0.2) is 4.68 Å². The van der Waals surface area contributed by atoms with Crippen LogP contribution in [0.4, 0.5) is 0 Å². The Morgan fingerprint density at radius 2 is 1.43 bits per heavy atom. The van der Waals surface area contributed by atoms with Crippen LogP contribution in [0.3, 0.4) is 0 Å². The van der Waals surface area contributed by atoms with Gasteiger partial charge in [-0.05, 0) is 28.5 Å². The van der Waals surface area contributed by atoms with Gasteiger partial charge >= 0.3 is 0 Å². The Morgan fingerprint density at radius 3 is 1.90 bits per heavy atom. The summed E-state index contributed by atoms with van der Waals surface area (Å²) in [5.41, 5.74) is 2.24. The normalized spacial score (nSPS) is 12.5. The molecule has 5 heteroatoms. The van der Waals surface area contributed by atoms with Gasteiger partial charge in [-0.3, -0.25) is 0 Å². The van der Waals surface area contributed by atoms with E-state index < -0.39 is 0 Å². The first-order valence-electron chi connectivity index (χ1n) is 6.79. The second kappa shape index (κ2) is 6.06. The zero-order valence-electron chi connectivity index (χ0n) is 11.6. The fraction of sp³-hybridized carbons (Fsp3) is 0.188. The molecule has 0 aliphatic carbocycles. The number of aromatic nitrogens is 4. The largest absolute Gasteiger partial charge is 0.216 e. The summed E-state index contributed by atoms with van der Waals surface area (Å²) in [5, 5.41) is 11.8. The van der Waals surface area contributed by atoms with Crippen molar-refractivity contribution in [3.8, 4) is 0 Å². The summed E-state index contributed by atoms with van der Waals surface area (Å²) in [5.74, 6) is 0.661. The second-order valence-corrected chi connectivity index (χ2v) is 5.48. The molecule has 2 aromatic carbocycles. The van der Waals surface area contributed by atoms with Crippen LogP contribution in [0.5, 0.6) is 0 Å². The smallest absolute Gasteiger partial charge is 0.169 e. The van der Waals surface area contributed by atoms with Gasteiger partial charge in [0.25, 0.3) is 0 Å². The molecule has 1 unspecified atom stereocenters. The van der Waals surface area contributed by atoms with E-state index in [1.807, 2.05) is 43.3 Å². The van der Waals surface area contributed by atoms with Crippen LogP contribution in [0.1, 0.15) is 35.3 Å². The number of hydrogen-bond acceptors (Lipinski definition) is 3. The zero-order chi connectivity index (χ0) is 14.7. The molecule has 3 aromatic rings. The van der Waals surface area contributed by atoms with Gasteiger partial charge in [-0.2, -0.15) is 0 Å². The molecule has 21 heavy (non-hydrogen) atoms. The number of alkyl halides is 1. The molecule has 1 aromatic heterocycles. The van der Waals surface area contributed by atoms with Crippen LogP contribution < -0.4 is 0 Å². The molecule has 1 atom stereocenters. The Bertz CT molecular complexity index is 655. The molecular weight excluding hydrogens is 284 g/mol. The first kappa shape index (κ1) is 13.8. The molecular formula is C16H15ClN4. The highest BCUT2D eigenvalue weighted by Crippen LogP contribution is 2.29. The lowest BCUT2D eigenvalue weighted by Gasteiger charge is -2.20. The van der Waals surface area contributed by atoms with E-state index in [2.05, 4.69) is 39.8 Å². The molecule has 0 aliphatic rings. The van der Waals surface area contributed by atoms with Gasteiger partial charge in [0.05, 0.1) is 5.38 Å². The number of tetrazole rings is 1. The lowest BCUT2D eigenvalue weighted by Crippen LogP contribution is -2.17. The van der Waals surface area contributed by atoms with Crippen LogP contribution >= 0.6 is 11.6 Å². The molecule has 0 spiro atoms. The summed E-state index contributed by atoms with van der Waals surface area (Å²) in [6, 6.07) is 20.2. The van der Waals surface area contributed by atoms with Crippen LogP contribution in [0.25, 0.3) is 0 Å². The molecule has 3 rings (SSSR count). The van der Waals surface area contributed by atoms with E-state index in [1.54, 1.807) is 4.68 Å². The van der Waals surface area contributed by atoms with Crippen molar-refractivity contribution < 1.29 is 0 Å². The quantitative estimate of drug-likeness (QED) is 0.691. The molecule has 0 aliphatic heterocycles. The van der Waals surface area contributed by atoms with Crippen LogP contribution in [0.2, 0.25) is 0 Å². The fourth-order valence-electron chi connectivity index (χ4n) is 2.39. The topological polar surface area (TPSA) is 43.6 Å². The van der Waals surface area contributed by atoms with Crippen molar-refractivity contribution in [3.05, 3.63) is 77.6 Å². The standard InChI is InChI=1S/C16H15ClN4/c1-12(17)16-18-19-20-21(16)15(13-8-4-2-5-9-13)14-10-6-3-7-11-14/h2-12,15H,1H3. The van der Waals surface area contributed by atoms with Crippen molar-refractivity contribution in [2.24, 2.45) is 0 Å². The maximum absolute atomic E-state index is 6.21. The number of halogens is 1. The lowest BCUT2D eigenvalue weighted by molar-refractivity contribution is 0.546. The third kappa shape index (κ3) is 2.81. The molecule has 0 fully saturated rings.